The monoisotopic (exact) mass is 537 g/mol. The number of non-ortho nitro benzene ring substituents is 1. The Morgan fingerprint density at radius 1 is 1.18 bits per heavy atom. The van der Waals surface area contributed by atoms with Crippen LogP contribution in [-0.4, -0.2) is 46.4 Å². The Morgan fingerprint density at radius 3 is 2.45 bits per heavy atom. The molecule has 1 fully saturated rings. The van der Waals surface area contributed by atoms with Crippen LogP contribution in [0.15, 0.2) is 48.0 Å². The van der Waals surface area contributed by atoms with E-state index in [1.165, 1.54) is 31.4 Å². The number of aryl methyl sites for hydroxylation is 2. The number of hydrogen-bond acceptors (Lipinski definition) is 10. The van der Waals surface area contributed by atoms with Crippen LogP contribution in [-0.2, 0) is 14.3 Å². The molecule has 11 nitrogen and oxygen atoms in total. The molecule has 1 aliphatic heterocycles. The number of ketones is 1. The number of aliphatic hydroxyl groups excluding tert-OH is 1. The van der Waals surface area contributed by atoms with E-state index in [1.807, 2.05) is 0 Å². The average Bonchev–Trinajstić information content (AvgIpc) is 3.40. The third-order valence-electron chi connectivity index (χ3n) is 6.00. The number of aromatic nitrogens is 1. The van der Waals surface area contributed by atoms with Crippen molar-refractivity contribution >= 4 is 45.6 Å². The van der Waals surface area contributed by atoms with Gasteiger partial charge in [0.25, 0.3) is 11.5 Å². The number of nitro benzene ring substituents is 1. The first kappa shape index (κ1) is 26.5. The minimum Gasteiger partial charge on any atom is -0.507 e. The summed E-state index contributed by atoms with van der Waals surface area (Å²) in [5, 5.41) is 22.6. The lowest BCUT2D eigenvalue weighted by Gasteiger charge is -2.23. The molecule has 1 saturated heterocycles. The number of carbonyl (C=O) groups excluding carboxylic acids is 3. The number of amides is 1. The number of hydrogen-bond donors (Lipinski definition) is 1. The highest BCUT2D eigenvalue weighted by Crippen LogP contribution is 2.44. The number of benzene rings is 2. The lowest BCUT2D eigenvalue weighted by molar-refractivity contribution is -0.384. The number of thiazole rings is 1. The summed E-state index contributed by atoms with van der Waals surface area (Å²) >= 11 is 0.873. The topological polar surface area (TPSA) is 149 Å². The van der Waals surface area contributed by atoms with Crippen molar-refractivity contribution in [1.29, 1.82) is 0 Å². The first-order chi connectivity index (χ1) is 18.1. The first-order valence-electron chi connectivity index (χ1n) is 11.4. The van der Waals surface area contributed by atoms with Gasteiger partial charge in [0, 0.05) is 17.7 Å². The standard InChI is InChI=1S/C26H23N3O8S/c1-5-37-25(33)23-14(3)27-26(38-23)28-20(15-6-8-16(9-7-15)29(34)35)19(22(31)24(28)32)21(30)18-11-10-17(36-4)12-13(18)2/h6-12,20,30H,5H2,1-4H3/b21-19+/t20-/m1/s1. The van der Waals surface area contributed by atoms with Crippen molar-refractivity contribution in [2.75, 3.05) is 18.6 Å². The van der Waals surface area contributed by atoms with Gasteiger partial charge in [0.05, 0.1) is 35.9 Å². The fourth-order valence-electron chi connectivity index (χ4n) is 4.17. The molecule has 0 radical (unpaired) electrons. The fraction of sp³-hybridized carbons (Fsp3) is 0.231. The maximum Gasteiger partial charge on any atom is 0.350 e. The first-order valence-corrected chi connectivity index (χ1v) is 12.3. The quantitative estimate of drug-likeness (QED) is 0.115. The molecular weight excluding hydrogens is 514 g/mol. The summed E-state index contributed by atoms with van der Waals surface area (Å²) in [5.41, 5.74) is 1.12. The van der Waals surface area contributed by atoms with Crippen molar-refractivity contribution in [3.63, 3.8) is 0 Å². The Morgan fingerprint density at radius 2 is 1.87 bits per heavy atom. The number of ether oxygens (including phenoxy) is 2. The molecule has 12 heteroatoms. The van der Waals surface area contributed by atoms with Crippen LogP contribution in [0.5, 0.6) is 5.75 Å². The van der Waals surface area contributed by atoms with Crippen molar-refractivity contribution in [2.24, 2.45) is 0 Å². The Balaban J connectivity index is 1.93. The number of methoxy groups -OCH3 is 1. The summed E-state index contributed by atoms with van der Waals surface area (Å²) in [6.07, 6.45) is 0. The van der Waals surface area contributed by atoms with Gasteiger partial charge in [-0.15, -0.1) is 0 Å². The van der Waals surface area contributed by atoms with Crippen molar-refractivity contribution in [3.05, 3.63) is 85.4 Å². The summed E-state index contributed by atoms with van der Waals surface area (Å²) < 4.78 is 10.3. The highest BCUT2D eigenvalue weighted by atomic mass is 32.1. The van der Waals surface area contributed by atoms with Crippen molar-refractivity contribution in [3.8, 4) is 5.75 Å². The largest absolute Gasteiger partial charge is 0.507 e. The number of esters is 1. The number of carbonyl (C=O) groups is 3. The van der Waals surface area contributed by atoms with Crippen LogP contribution >= 0.6 is 11.3 Å². The molecule has 0 spiro atoms. The number of nitrogens with zero attached hydrogens (tertiary/aromatic N) is 3. The van der Waals surface area contributed by atoms with Gasteiger partial charge in [-0.2, -0.15) is 0 Å². The van der Waals surface area contributed by atoms with Gasteiger partial charge in [-0.3, -0.25) is 24.6 Å². The van der Waals surface area contributed by atoms with Crippen LogP contribution in [0.25, 0.3) is 5.76 Å². The van der Waals surface area contributed by atoms with Crippen LogP contribution in [0.1, 0.15) is 45.0 Å². The molecule has 1 aromatic heterocycles. The molecule has 0 saturated carbocycles. The van der Waals surface area contributed by atoms with Crippen LogP contribution in [0.4, 0.5) is 10.8 Å². The molecule has 196 valence electrons. The molecule has 1 amide bonds. The van der Waals surface area contributed by atoms with Gasteiger partial charge in [0.15, 0.2) is 5.13 Å². The van der Waals surface area contributed by atoms with E-state index in [-0.39, 0.29) is 27.9 Å². The van der Waals surface area contributed by atoms with Gasteiger partial charge in [0.1, 0.15) is 16.4 Å². The number of nitro groups is 1. The summed E-state index contributed by atoms with van der Waals surface area (Å²) in [7, 11) is 1.50. The Labute approximate surface area is 221 Å². The molecule has 38 heavy (non-hydrogen) atoms. The maximum atomic E-state index is 13.4. The normalized spacial score (nSPS) is 16.5. The molecule has 0 bridgehead atoms. The number of rotatable bonds is 7. The number of aliphatic hydroxyl groups is 1. The average molecular weight is 538 g/mol. The van der Waals surface area contributed by atoms with Gasteiger partial charge in [-0.1, -0.05) is 11.3 Å². The minimum absolute atomic E-state index is 0.0431. The van der Waals surface area contributed by atoms with E-state index < -0.39 is 34.4 Å². The molecule has 3 aromatic rings. The highest BCUT2D eigenvalue weighted by molar-refractivity contribution is 7.17. The van der Waals surface area contributed by atoms with Crippen LogP contribution in [0.2, 0.25) is 0 Å². The zero-order chi connectivity index (χ0) is 27.7. The minimum atomic E-state index is -1.17. The Kier molecular flexibility index (Phi) is 7.26. The highest BCUT2D eigenvalue weighted by Gasteiger charge is 2.48. The Bertz CT molecular complexity index is 1490. The smallest absolute Gasteiger partial charge is 0.350 e. The predicted molar refractivity (Wildman–Crippen MR) is 138 cm³/mol. The lowest BCUT2D eigenvalue weighted by Crippen LogP contribution is -2.29. The van der Waals surface area contributed by atoms with E-state index >= 15 is 0 Å². The molecule has 0 unspecified atom stereocenters. The van der Waals surface area contributed by atoms with E-state index in [1.54, 1.807) is 39.0 Å². The number of anilines is 1. The SMILES string of the molecule is CCOC(=O)c1sc(N2C(=O)C(=O)/C(=C(/O)c3ccc(OC)cc3C)[C@H]2c2ccc([N+](=O)[O-])cc2)nc1C. The molecule has 0 aliphatic carbocycles. The van der Waals surface area contributed by atoms with Gasteiger partial charge < -0.3 is 14.6 Å². The molecule has 4 rings (SSSR count). The van der Waals surface area contributed by atoms with Gasteiger partial charge in [-0.25, -0.2) is 9.78 Å². The predicted octanol–water partition coefficient (Wildman–Crippen LogP) is 4.48. The molecule has 1 aliphatic rings. The van der Waals surface area contributed by atoms with Crippen molar-refractivity contribution in [1.82, 2.24) is 4.98 Å². The van der Waals surface area contributed by atoms with Crippen LogP contribution < -0.4 is 9.64 Å². The van der Waals surface area contributed by atoms with E-state index in [0.29, 0.717) is 28.1 Å². The third-order valence-corrected chi connectivity index (χ3v) is 7.14. The second-order valence-electron chi connectivity index (χ2n) is 8.33. The molecule has 1 N–H and O–H groups in total. The van der Waals surface area contributed by atoms with E-state index in [9.17, 15) is 29.6 Å². The van der Waals surface area contributed by atoms with Gasteiger partial charge in [-0.05, 0) is 62.2 Å². The zero-order valence-electron chi connectivity index (χ0n) is 20.9. The molecular formula is C26H23N3O8S. The molecule has 2 heterocycles. The van der Waals surface area contributed by atoms with Gasteiger partial charge >= 0.3 is 11.9 Å². The second kappa shape index (κ2) is 10.4. The second-order valence-corrected chi connectivity index (χ2v) is 9.31. The van der Waals surface area contributed by atoms with E-state index in [0.717, 1.165) is 16.2 Å². The Hall–Kier alpha value is -4.58. The summed E-state index contributed by atoms with van der Waals surface area (Å²) in [4.78, 5) is 55.4. The van der Waals surface area contributed by atoms with Crippen LogP contribution in [0, 0.1) is 24.0 Å². The summed E-state index contributed by atoms with van der Waals surface area (Å²) in [6, 6.07) is 8.96. The molecule has 2 aromatic carbocycles. The zero-order valence-corrected chi connectivity index (χ0v) is 21.7. The summed E-state index contributed by atoms with van der Waals surface area (Å²) in [5.74, 6) is -2.44. The maximum absolute atomic E-state index is 13.4. The van der Waals surface area contributed by atoms with Gasteiger partial charge in [0.2, 0.25) is 0 Å². The number of Topliss-reactive ketones (excluding diaryl/α,β-unsaturated/α-hetero) is 1. The fourth-order valence-corrected chi connectivity index (χ4v) is 5.16. The summed E-state index contributed by atoms with van der Waals surface area (Å²) in [6.45, 7) is 5.08. The van der Waals surface area contributed by atoms with E-state index in [4.69, 9.17) is 9.47 Å². The van der Waals surface area contributed by atoms with Crippen LogP contribution in [0.3, 0.4) is 0 Å². The van der Waals surface area contributed by atoms with Crippen molar-refractivity contribution < 1.29 is 33.9 Å². The third kappa shape index (κ3) is 4.61. The molecule has 1 atom stereocenters. The van der Waals surface area contributed by atoms with E-state index in [2.05, 4.69) is 4.98 Å². The van der Waals surface area contributed by atoms with Crippen molar-refractivity contribution in [2.45, 2.75) is 26.8 Å². The lowest BCUT2D eigenvalue weighted by atomic mass is 9.94.